The van der Waals surface area contributed by atoms with Crippen LogP contribution in [0.15, 0.2) is 4.42 Å². The van der Waals surface area contributed by atoms with Crippen LogP contribution >= 0.6 is 0 Å². The quantitative estimate of drug-likeness (QED) is 0.683. The molecular formula is C11H19N3O3. The van der Waals surface area contributed by atoms with Crippen LogP contribution in [0.5, 0.6) is 0 Å². The molecule has 1 heterocycles. The number of hydrogen-bond acceptors (Lipinski definition) is 5. The lowest BCUT2D eigenvalue weighted by atomic mass is 10.2. The third-order valence-electron chi connectivity index (χ3n) is 2.20. The minimum absolute atomic E-state index is 0.0669. The Morgan fingerprint density at radius 2 is 2.24 bits per heavy atom. The summed E-state index contributed by atoms with van der Waals surface area (Å²) in [6, 6.07) is 0. The van der Waals surface area contributed by atoms with Gasteiger partial charge in [-0.1, -0.05) is 13.8 Å². The van der Waals surface area contributed by atoms with Crippen LogP contribution in [-0.4, -0.2) is 34.4 Å². The highest BCUT2D eigenvalue weighted by molar-refractivity contribution is 5.75. The lowest BCUT2D eigenvalue weighted by Gasteiger charge is -2.01. The molecule has 0 unspecified atom stereocenters. The van der Waals surface area contributed by atoms with E-state index in [0.29, 0.717) is 37.6 Å². The first-order valence-corrected chi connectivity index (χ1v) is 5.83. The number of aliphatic hydroxyl groups excluding tert-OH is 1. The minimum Gasteiger partial charge on any atom is -0.425 e. The molecule has 1 amide bonds. The Labute approximate surface area is 100 Å². The Bertz CT molecular complexity index is 349. The van der Waals surface area contributed by atoms with Crippen molar-refractivity contribution in [3.63, 3.8) is 0 Å². The van der Waals surface area contributed by atoms with E-state index in [-0.39, 0.29) is 18.4 Å². The molecule has 0 spiro atoms. The third kappa shape index (κ3) is 4.95. The Morgan fingerprint density at radius 3 is 2.82 bits per heavy atom. The third-order valence-corrected chi connectivity index (χ3v) is 2.20. The van der Waals surface area contributed by atoms with E-state index in [1.54, 1.807) is 0 Å². The fourth-order valence-corrected chi connectivity index (χ4v) is 1.22. The topological polar surface area (TPSA) is 88.2 Å². The highest BCUT2D eigenvalue weighted by Crippen LogP contribution is 2.12. The van der Waals surface area contributed by atoms with Crippen LogP contribution in [0.25, 0.3) is 0 Å². The van der Waals surface area contributed by atoms with Crippen LogP contribution in [0.4, 0.5) is 0 Å². The first-order valence-electron chi connectivity index (χ1n) is 5.83. The molecule has 0 bridgehead atoms. The van der Waals surface area contributed by atoms with Crippen molar-refractivity contribution < 1.29 is 14.3 Å². The summed E-state index contributed by atoms with van der Waals surface area (Å²) in [5, 5.41) is 19.0. The van der Waals surface area contributed by atoms with Gasteiger partial charge in [0.2, 0.25) is 17.7 Å². The van der Waals surface area contributed by atoms with Crippen molar-refractivity contribution in [2.24, 2.45) is 0 Å². The van der Waals surface area contributed by atoms with Gasteiger partial charge in [-0.15, -0.1) is 10.2 Å². The van der Waals surface area contributed by atoms with Gasteiger partial charge >= 0.3 is 0 Å². The van der Waals surface area contributed by atoms with Gasteiger partial charge in [0, 0.05) is 31.9 Å². The fourth-order valence-electron chi connectivity index (χ4n) is 1.22. The van der Waals surface area contributed by atoms with Crippen molar-refractivity contribution in [1.29, 1.82) is 0 Å². The summed E-state index contributed by atoms with van der Waals surface area (Å²) in [6.07, 6.45) is 1.35. The van der Waals surface area contributed by atoms with Crippen molar-refractivity contribution in [3.8, 4) is 0 Å². The molecule has 0 saturated carbocycles. The molecule has 0 saturated heterocycles. The number of nitrogens with one attached hydrogen (secondary N) is 1. The monoisotopic (exact) mass is 241 g/mol. The molecule has 0 aliphatic heterocycles. The predicted octanol–water partition coefficient (Wildman–Crippen LogP) is 0.624. The molecule has 17 heavy (non-hydrogen) atoms. The zero-order chi connectivity index (χ0) is 12.7. The SMILES string of the molecule is CC(C)c1nnc(CCC(=O)NCCCO)o1. The highest BCUT2D eigenvalue weighted by atomic mass is 16.4. The number of aromatic nitrogens is 2. The van der Waals surface area contributed by atoms with Gasteiger partial charge in [-0.05, 0) is 6.42 Å². The minimum atomic E-state index is -0.0669. The summed E-state index contributed by atoms with van der Waals surface area (Å²) in [5.74, 6) is 1.23. The zero-order valence-electron chi connectivity index (χ0n) is 10.3. The van der Waals surface area contributed by atoms with Crippen LogP contribution < -0.4 is 5.32 Å². The van der Waals surface area contributed by atoms with Crippen LogP contribution in [0.3, 0.4) is 0 Å². The summed E-state index contributed by atoms with van der Waals surface area (Å²) in [4.78, 5) is 11.3. The molecule has 2 N–H and O–H groups in total. The Hall–Kier alpha value is -1.43. The van der Waals surface area contributed by atoms with E-state index >= 15 is 0 Å². The number of hydrogen-bond donors (Lipinski definition) is 2. The molecule has 1 aromatic heterocycles. The summed E-state index contributed by atoms with van der Waals surface area (Å²) < 4.78 is 5.38. The number of amides is 1. The average molecular weight is 241 g/mol. The Kier molecular flexibility index (Phi) is 5.62. The summed E-state index contributed by atoms with van der Waals surface area (Å²) in [7, 11) is 0. The van der Waals surface area contributed by atoms with Gasteiger partial charge in [0.05, 0.1) is 0 Å². The van der Waals surface area contributed by atoms with Crippen molar-refractivity contribution in [3.05, 3.63) is 11.8 Å². The molecule has 0 aromatic carbocycles. The van der Waals surface area contributed by atoms with E-state index < -0.39 is 0 Å². The van der Waals surface area contributed by atoms with Crippen molar-refractivity contribution in [1.82, 2.24) is 15.5 Å². The summed E-state index contributed by atoms with van der Waals surface area (Å²) >= 11 is 0. The molecule has 96 valence electrons. The zero-order valence-corrected chi connectivity index (χ0v) is 10.3. The average Bonchev–Trinajstić information content (AvgIpc) is 2.75. The highest BCUT2D eigenvalue weighted by Gasteiger charge is 2.10. The van der Waals surface area contributed by atoms with Gasteiger partial charge in [-0.25, -0.2) is 0 Å². The fraction of sp³-hybridized carbons (Fsp3) is 0.727. The number of rotatable bonds is 7. The van der Waals surface area contributed by atoms with E-state index in [1.807, 2.05) is 13.8 Å². The maximum Gasteiger partial charge on any atom is 0.220 e. The molecule has 6 nitrogen and oxygen atoms in total. The van der Waals surface area contributed by atoms with Crippen molar-refractivity contribution in [2.75, 3.05) is 13.2 Å². The van der Waals surface area contributed by atoms with Crippen LogP contribution in [0.1, 0.15) is 44.4 Å². The number of carbonyl (C=O) groups excluding carboxylic acids is 1. The lowest BCUT2D eigenvalue weighted by molar-refractivity contribution is -0.121. The summed E-state index contributed by atoms with van der Waals surface area (Å²) in [6.45, 7) is 4.52. The second-order valence-corrected chi connectivity index (χ2v) is 4.12. The predicted molar refractivity (Wildman–Crippen MR) is 61.4 cm³/mol. The molecule has 0 aliphatic rings. The molecule has 6 heteroatoms. The van der Waals surface area contributed by atoms with Gasteiger partial charge < -0.3 is 14.8 Å². The van der Waals surface area contributed by atoms with Gasteiger partial charge in [-0.2, -0.15) is 0 Å². The Balaban J connectivity index is 2.27. The first kappa shape index (κ1) is 13.6. The van der Waals surface area contributed by atoms with Gasteiger partial charge in [0.15, 0.2) is 0 Å². The van der Waals surface area contributed by atoms with E-state index in [1.165, 1.54) is 0 Å². The van der Waals surface area contributed by atoms with Crippen LogP contribution in [-0.2, 0) is 11.2 Å². The molecule has 0 aliphatic carbocycles. The van der Waals surface area contributed by atoms with Gasteiger partial charge in [0.1, 0.15) is 0 Å². The van der Waals surface area contributed by atoms with Crippen molar-refractivity contribution >= 4 is 5.91 Å². The van der Waals surface area contributed by atoms with Crippen LogP contribution in [0.2, 0.25) is 0 Å². The van der Waals surface area contributed by atoms with E-state index in [4.69, 9.17) is 9.52 Å². The standard InChI is InChI=1S/C11H19N3O3/c1-8(2)11-14-13-10(17-11)5-4-9(16)12-6-3-7-15/h8,15H,3-7H2,1-2H3,(H,12,16). The van der Waals surface area contributed by atoms with Crippen LogP contribution in [0, 0.1) is 0 Å². The number of nitrogens with zero attached hydrogens (tertiary/aromatic N) is 2. The molecule has 0 atom stereocenters. The Morgan fingerprint density at radius 1 is 1.47 bits per heavy atom. The number of aliphatic hydroxyl groups is 1. The molecule has 0 radical (unpaired) electrons. The van der Waals surface area contributed by atoms with E-state index in [9.17, 15) is 4.79 Å². The normalized spacial score (nSPS) is 10.8. The van der Waals surface area contributed by atoms with E-state index in [0.717, 1.165) is 0 Å². The maximum absolute atomic E-state index is 11.3. The van der Waals surface area contributed by atoms with Gasteiger partial charge in [0.25, 0.3) is 0 Å². The largest absolute Gasteiger partial charge is 0.425 e. The molecule has 0 fully saturated rings. The lowest BCUT2D eigenvalue weighted by Crippen LogP contribution is -2.25. The molecule has 1 rings (SSSR count). The smallest absolute Gasteiger partial charge is 0.220 e. The molecular weight excluding hydrogens is 222 g/mol. The second kappa shape index (κ2) is 7.01. The second-order valence-electron chi connectivity index (χ2n) is 4.12. The first-order chi connectivity index (χ1) is 8.13. The van der Waals surface area contributed by atoms with E-state index in [2.05, 4.69) is 15.5 Å². The summed E-state index contributed by atoms with van der Waals surface area (Å²) in [5.41, 5.74) is 0. The maximum atomic E-state index is 11.3. The number of carbonyl (C=O) groups is 1. The van der Waals surface area contributed by atoms with Gasteiger partial charge in [-0.3, -0.25) is 4.79 Å². The van der Waals surface area contributed by atoms with Crippen molar-refractivity contribution in [2.45, 2.75) is 39.0 Å². The number of aryl methyl sites for hydroxylation is 1. The molecule has 1 aromatic rings.